The van der Waals surface area contributed by atoms with Gasteiger partial charge in [-0.1, -0.05) is 72.8 Å². The van der Waals surface area contributed by atoms with Gasteiger partial charge in [-0.3, -0.25) is 6.08 Å². The Labute approximate surface area is 367 Å². The number of halogens is 2. The standard InChI is InChI=1S/C15H19.2C13H9.C3H6.8CH3.2ClH.Zr/c1-2-4-14(3-1)15-8-11-5-12(9-15)7-13(6-11)10-15;2*1-3-7-12-10(5-1)9-11-6-2-4-8-13(11)12;1-3-2;;;;;;;;;;;/h1,3,11-13H,2,5-10H2;2*1-9H;1-2H3;8*1H3;2*1H;/q3*-1;;8*-1;;;+2/p-2. The largest absolute Gasteiger partial charge is 1.00 e. The van der Waals surface area contributed by atoms with Gasteiger partial charge in [-0.25, -0.2) is 11.6 Å². The molecular weight excluding hydrogens is 787 g/mol. The summed E-state index contributed by atoms with van der Waals surface area (Å²) in [7, 11) is 0. The van der Waals surface area contributed by atoms with Crippen molar-refractivity contribution in [1.29, 1.82) is 0 Å². The average molecular weight is 854 g/mol. The van der Waals surface area contributed by atoms with Gasteiger partial charge in [0, 0.05) is 0 Å². The maximum absolute atomic E-state index is 3.62. The molecule has 0 saturated heterocycles. The van der Waals surface area contributed by atoms with E-state index in [0.717, 1.165) is 24.2 Å². The summed E-state index contributed by atoms with van der Waals surface area (Å²) >= 11 is 1.55. The Morgan fingerprint density at radius 3 is 1.05 bits per heavy atom. The molecule has 0 nitrogen and oxygen atoms in total. The molecule has 5 aliphatic carbocycles. The van der Waals surface area contributed by atoms with E-state index in [4.69, 9.17) is 0 Å². The molecule has 5 aliphatic rings. The molecule has 0 aliphatic heterocycles. The van der Waals surface area contributed by atoms with E-state index in [1.165, 1.54) is 65.6 Å². The molecule has 3 heteroatoms. The Kier molecular flexibility index (Phi) is 28.4. The minimum Gasteiger partial charge on any atom is -1.00 e. The van der Waals surface area contributed by atoms with Crippen LogP contribution in [-0.2, 0) is 24.2 Å². The van der Waals surface area contributed by atoms with Gasteiger partial charge >= 0.3 is 41.3 Å². The molecule has 0 unspecified atom stereocenters. The van der Waals surface area contributed by atoms with Gasteiger partial charge in [-0.05, 0) is 61.7 Å². The monoisotopic (exact) mass is 851 g/mol. The molecule has 4 fully saturated rings. The first-order valence-electron chi connectivity index (χ1n) is 16.8. The third-order valence-corrected chi connectivity index (χ3v) is 10.3. The summed E-state index contributed by atoms with van der Waals surface area (Å²) in [4.78, 5) is 0. The van der Waals surface area contributed by atoms with Crippen LogP contribution < -0.4 is 24.8 Å². The maximum Gasteiger partial charge on any atom is -0.0373 e. The first kappa shape index (κ1) is 59.1. The smallest absolute Gasteiger partial charge is 0.0373 e. The fourth-order valence-electron chi connectivity index (χ4n) is 9.02. The Balaban J connectivity index is -0.000000312. The van der Waals surface area contributed by atoms with Crippen molar-refractivity contribution in [1.82, 2.24) is 0 Å². The molecule has 11 rings (SSSR count). The van der Waals surface area contributed by atoms with Crippen molar-refractivity contribution in [2.45, 2.75) is 58.8 Å². The molecule has 6 aromatic carbocycles. The molecule has 4 bridgehead atoms. The SMILES string of the molecule is C[C](C)=[Zr+2].[C-]1=C(C23CC4CC(CC(C4)C2)C3)C=CC1.[CH3-].[CH3-].[CH3-].[CH3-].[CH3-].[CH3-].[CH3-].[CH3-].[Cl-].[Cl-].c1ccc2c(c1)[cH-]c1ccccc12.c1ccc2c(c1)[cH-]c1ccccc12. The van der Waals surface area contributed by atoms with Gasteiger partial charge in [0.15, 0.2) is 0 Å². The summed E-state index contributed by atoms with van der Waals surface area (Å²) in [6, 6.07) is 38.5. The molecular formula is C52H67Cl2Zr-11. The van der Waals surface area contributed by atoms with Gasteiger partial charge in [0.05, 0.1) is 0 Å². The second-order valence-electron chi connectivity index (χ2n) is 14.0. The van der Waals surface area contributed by atoms with Crippen LogP contribution in [0.2, 0.25) is 0 Å². The Morgan fingerprint density at radius 2 is 0.800 bits per heavy atom. The Hall–Kier alpha value is -2.57. The van der Waals surface area contributed by atoms with Crippen LogP contribution >= 0.6 is 0 Å². The van der Waals surface area contributed by atoms with Crippen LogP contribution in [0.4, 0.5) is 0 Å². The summed E-state index contributed by atoms with van der Waals surface area (Å²) in [5, 5.41) is 10.8. The van der Waals surface area contributed by atoms with Crippen molar-refractivity contribution in [3.05, 3.63) is 192 Å². The molecule has 4 saturated carbocycles. The summed E-state index contributed by atoms with van der Waals surface area (Å²) in [5.74, 6) is 3.21. The zero-order valence-electron chi connectivity index (χ0n) is 35.5. The van der Waals surface area contributed by atoms with Gasteiger partial charge in [-0.2, -0.15) is 6.08 Å². The van der Waals surface area contributed by atoms with Crippen molar-refractivity contribution in [2.75, 3.05) is 0 Å². The molecule has 0 heterocycles. The van der Waals surface area contributed by atoms with E-state index in [1.807, 2.05) is 0 Å². The second-order valence-corrected chi connectivity index (χ2v) is 16.5. The van der Waals surface area contributed by atoms with E-state index in [0.29, 0.717) is 5.41 Å². The normalized spacial score (nSPS) is 19.7. The summed E-state index contributed by atoms with van der Waals surface area (Å²) < 4.78 is 1.51. The van der Waals surface area contributed by atoms with Crippen molar-refractivity contribution in [2.24, 2.45) is 23.2 Å². The first-order valence-corrected chi connectivity index (χ1v) is 18.1. The van der Waals surface area contributed by atoms with E-state index >= 15 is 0 Å². The zero-order chi connectivity index (χ0) is 30.8. The molecule has 6 aromatic rings. The van der Waals surface area contributed by atoms with Crippen LogP contribution in [-0.4, -0.2) is 3.21 Å². The Bertz CT molecular complexity index is 1770. The molecule has 304 valence electrons. The van der Waals surface area contributed by atoms with Crippen LogP contribution in [0.25, 0.3) is 43.1 Å². The van der Waals surface area contributed by atoms with E-state index in [1.54, 1.807) is 49.1 Å². The molecule has 0 radical (unpaired) electrons. The quantitative estimate of drug-likeness (QED) is 0.145. The number of benzene rings is 4. The summed E-state index contributed by atoms with van der Waals surface area (Å²) in [5.41, 5.74) is 2.20. The van der Waals surface area contributed by atoms with Crippen molar-refractivity contribution in [3.8, 4) is 0 Å². The first-order chi connectivity index (χ1) is 22.0. The predicted octanol–water partition coefficient (Wildman–Crippen LogP) is 9.67. The van der Waals surface area contributed by atoms with Gasteiger partial charge in [0.2, 0.25) is 0 Å². The third-order valence-electron chi connectivity index (χ3n) is 10.3. The summed E-state index contributed by atoms with van der Waals surface area (Å²) in [6.07, 6.45) is 18.5. The zero-order valence-corrected chi connectivity index (χ0v) is 39.5. The van der Waals surface area contributed by atoms with Gasteiger partial charge < -0.3 is 84.2 Å². The minimum atomic E-state index is 0. The second kappa shape index (κ2) is 26.4. The van der Waals surface area contributed by atoms with E-state index in [-0.39, 0.29) is 84.2 Å². The summed E-state index contributed by atoms with van der Waals surface area (Å²) in [6.45, 7) is 4.25. The molecule has 0 atom stereocenters. The van der Waals surface area contributed by atoms with Gasteiger partial charge in [-0.15, -0.1) is 85.9 Å². The number of hydrogen-bond acceptors (Lipinski definition) is 0. The average Bonchev–Trinajstić information content (AvgIpc) is 3.79. The number of allylic oxidation sites excluding steroid dienone is 4. The Morgan fingerprint density at radius 1 is 0.527 bits per heavy atom. The van der Waals surface area contributed by atoms with Crippen molar-refractivity contribution >= 4 is 46.3 Å². The van der Waals surface area contributed by atoms with Crippen molar-refractivity contribution in [3.63, 3.8) is 0 Å². The fraction of sp³-hybridized carbons (Fsp3) is 0.250. The van der Waals surface area contributed by atoms with Gasteiger partial charge in [0.1, 0.15) is 0 Å². The van der Waals surface area contributed by atoms with Crippen LogP contribution in [0.5, 0.6) is 0 Å². The van der Waals surface area contributed by atoms with Crippen LogP contribution in [0, 0.1) is 88.7 Å². The molecule has 55 heavy (non-hydrogen) atoms. The number of fused-ring (bicyclic) bond motifs is 6. The van der Waals surface area contributed by atoms with Crippen LogP contribution in [0.15, 0.2) is 127 Å². The molecule has 0 aromatic heterocycles. The number of hydrogen-bond donors (Lipinski definition) is 0. The van der Waals surface area contributed by atoms with E-state index in [9.17, 15) is 0 Å². The van der Waals surface area contributed by atoms with Crippen LogP contribution in [0.3, 0.4) is 0 Å². The van der Waals surface area contributed by atoms with Gasteiger partial charge in [0.25, 0.3) is 0 Å². The molecule has 0 N–H and O–H groups in total. The minimum absolute atomic E-state index is 0. The predicted molar refractivity (Wildman–Crippen MR) is 243 cm³/mol. The molecule has 0 spiro atoms. The third kappa shape index (κ3) is 13.2. The number of rotatable bonds is 1. The topological polar surface area (TPSA) is 0 Å². The van der Waals surface area contributed by atoms with E-state index < -0.39 is 0 Å². The van der Waals surface area contributed by atoms with Crippen LogP contribution in [0.1, 0.15) is 58.8 Å². The maximum atomic E-state index is 3.62. The molecule has 0 amide bonds. The van der Waals surface area contributed by atoms with E-state index in [2.05, 4.69) is 141 Å². The fourth-order valence-corrected chi connectivity index (χ4v) is 9.02. The van der Waals surface area contributed by atoms with Crippen molar-refractivity contribution < 1.29 is 49.0 Å².